The van der Waals surface area contributed by atoms with Crippen molar-refractivity contribution < 1.29 is 13.2 Å². The smallest absolute Gasteiger partial charge is 0.369 e. The molecule has 1 aromatic heterocycles. The Labute approximate surface area is 150 Å². The summed E-state index contributed by atoms with van der Waals surface area (Å²) < 4.78 is 38.0. The number of H-pyrrole nitrogens is 1. The van der Waals surface area contributed by atoms with E-state index in [1.165, 1.54) is 10.9 Å². The molecule has 136 valence electrons. The number of hydrogen-bond acceptors (Lipinski definition) is 2. The molecular formula is C20H20F3N3. The van der Waals surface area contributed by atoms with E-state index in [2.05, 4.69) is 33.1 Å². The summed E-state index contributed by atoms with van der Waals surface area (Å²) in [5.74, 6) is 0. The molecule has 0 bridgehead atoms. The van der Waals surface area contributed by atoms with Gasteiger partial charge in [0.25, 0.3) is 0 Å². The number of benzene rings is 2. The third-order valence-corrected chi connectivity index (χ3v) is 5.00. The summed E-state index contributed by atoms with van der Waals surface area (Å²) in [6, 6.07) is 13.7. The molecule has 0 saturated carbocycles. The van der Waals surface area contributed by atoms with E-state index in [0.29, 0.717) is 0 Å². The van der Waals surface area contributed by atoms with Crippen molar-refractivity contribution in [1.29, 1.82) is 0 Å². The van der Waals surface area contributed by atoms with Gasteiger partial charge >= 0.3 is 6.18 Å². The summed E-state index contributed by atoms with van der Waals surface area (Å²) in [5, 5.41) is 1.25. The van der Waals surface area contributed by atoms with Crippen molar-refractivity contribution in [2.75, 3.05) is 31.1 Å². The van der Waals surface area contributed by atoms with Crippen LogP contribution >= 0.6 is 0 Å². The number of aromatic amines is 1. The number of aromatic nitrogens is 1. The average Bonchev–Trinajstić information content (AvgIpc) is 3.05. The second-order valence-corrected chi connectivity index (χ2v) is 6.67. The van der Waals surface area contributed by atoms with Crippen LogP contribution < -0.4 is 4.90 Å². The fraction of sp³-hybridized carbons (Fsp3) is 0.300. The molecule has 2 aromatic carbocycles. The number of nitrogens with zero attached hydrogens (tertiary/aromatic N) is 2. The molecule has 0 amide bonds. The van der Waals surface area contributed by atoms with Gasteiger partial charge in [-0.05, 0) is 35.9 Å². The Morgan fingerprint density at radius 2 is 1.58 bits per heavy atom. The fourth-order valence-corrected chi connectivity index (χ4v) is 3.53. The zero-order chi connectivity index (χ0) is 18.1. The summed E-state index contributed by atoms with van der Waals surface area (Å²) >= 11 is 0. The van der Waals surface area contributed by atoms with Crippen molar-refractivity contribution in [3.63, 3.8) is 0 Å². The van der Waals surface area contributed by atoms with E-state index in [-0.39, 0.29) is 0 Å². The van der Waals surface area contributed by atoms with Gasteiger partial charge in [0.05, 0.1) is 5.56 Å². The maximum Gasteiger partial charge on any atom is 0.416 e. The molecule has 4 rings (SSSR count). The van der Waals surface area contributed by atoms with Crippen molar-refractivity contribution in [1.82, 2.24) is 9.88 Å². The maximum atomic E-state index is 12.7. The SMILES string of the molecule is FC(F)(F)c1ccc(N2CCN(Cc3c[nH]c4ccccc34)CC2)cc1. The lowest BCUT2D eigenvalue weighted by Crippen LogP contribution is -2.45. The van der Waals surface area contributed by atoms with Crippen molar-refractivity contribution in [2.24, 2.45) is 0 Å². The van der Waals surface area contributed by atoms with Crippen LogP contribution in [0.4, 0.5) is 18.9 Å². The van der Waals surface area contributed by atoms with Gasteiger partial charge in [0.2, 0.25) is 0 Å². The van der Waals surface area contributed by atoms with Gasteiger partial charge in [0, 0.05) is 55.5 Å². The van der Waals surface area contributed by atoms with Gasteiger partial charge in [-0.25, -0.2) is 0 Å². The topological polar surface area (TPSA) is 22.3 Å². The number of halogens is 3. The molecule has 1 aliphatic heterocycles. The lowest BCUT2D eigenvalue weighted by atomic mass is 10.1. The Kier molecular flexibility index (Phi) is 4.36. The molecule has 0 aliphatic carbocycles. The van der Waals surface area contributed by atoms with Gasteiger partial charge in [-0.3, -0.25) is 4.90 Å². The first kappa shape index (κ1) is 17.0. The number of hydrogen-bond donors (Lipinski definition) is 1. The highest BCUT2D eigenvalue weighted by Crippen LogP contribution is 2.30. The molecule has 6 heteroatoms. The van der Waals surface area contributed by atoms with Crippen LogP contribution in [0.25, 0.3) is 10.9 Å². The van der Waals surface area contributed by atoms with E-state index in [1.54, 1.807) is 12.1 Å². The van der Waals surface area contributed by atoms with Crippen LogP contribution in [-0.4, -0.2) is 36.1 Å². The molecule has 1 saturated heterocycles. The van der Waals surface area contributed by atoms with Crippen LogP contribution in [0.2, 0.25) is 0 Å². The Bertz CT molecular complexity index is 875. The molecule has 3 nitrogen and oxygen atoms in total. The number of nitrogens with one attached hydrogen (secondary N) is 1. The van der Waals surface area contributed by atoms with Crippen molar-refractivity contribution >= 4 is 16.6 Å². The first-order chi connectivity index (χ1) is 12.5. The third kappa shape index (κ3) is 3.42. The molecule has 1 fully saturated rings. The average molecular weight is 359 g/mol. The largest absolute Gasteiger partial charge is 0.416 e. The zero-order valence-electron chi connectivity index (χ0n) is 14.3. The molecule has 26 heavy (non-hydrogen) atoms. The van der Waals surface area contributed by atoms with Crippen LogP contribution in [0.5, 0.6) is 0 Å². The maximum absolute atomic E-state index is 12.7. The van der Waals surface area contributed by atoms with E-state index >= 15 is 0 Å². The predicted octanol–water partition coefficient (Wildman–Crippen LogP) is 4.51. The zero-order valence-corrected chi connectivity index (χ0v) is 14.3. The minimum absolute atomic E-state index is 0.598. The minimum atomic E-state index is -4.28. The number of fused-ring (bicyclic) bond motifs is 1. The van der Waals surface area contributed by atoms with Crippen LogP contribution in [-0.2, 0) is 12.7 Å². The van der Waals surface area contributed by atoms with Gasteiger partial charge in [0.15, 0.2) is 0 Å². The number of rotatable bonds is 3. The van der Waals surface area contributed by atoms with Gasteiger partial charge in [0.1, 0.15) is 0 Å². The van der Waals surface area contributed by atoms with E-state index in [0.717, 1.165) is 56.1 Å². The summed E-state index contributed by atoms with van der Waals surface area (Å²) in [4.78, 5) is 7.83. The monoisotopic (exact) mass is 359 g/mol. The summed E-state index contributed by atoms with van der Waals surface area (Å²) in [6.07, 6.45) is -2.22. The summed E-state index contributed by atoms with van der Waals surface area (Å²) in [7, 11) is 0. The summed E-state index contributed by atoms with van der Waals surface area (Å²) in [5.41, 5.74) is 2.68. The van der Waals surface area contributed by atoms with E-state index in [9.17, 15) is 13.2 Å². The number of alkyl halides is 3. The third-order valence-electron chi connectivity index (χ3n) is 5.00. The second kappa shape index (κ2) is 6.68. The Morgan fingerprint density at radius 3 is 2.27 bits per heavy atom. The Hall–Kier alpha value is -2.47. The molecule has 0 unspecified atom stereocenters. The van der Waals surface area contributed by atoms with Gasteiger partial charge in [-0.15, -0.1) is 0 Å². The highest BCUT2D eigenvalue weighted by atomic mass is 19.4. The first-order valence-corrected chi connectivity index (χ1v) is 8.70. The van der Waals surface area contributed by atoms with Gasteiger partial charge < -0.3 is 9.88 Å². The number of para-hydroxylation sites is 1. The molecule has 3 aromatic rings. The first-order valence-electron chi connectivity index (χ1n) is 8.70. The van der Waals surface area contributed by atoms with Crippen LogP contribution in [0, 0.1) is 0 Å². The van der Waals surface area contributed by atoms with Crippen molar-refractivity contribution in [2.45, 2.75) is 12.7 Å². The molecular weight excluding hydrogens is 339 g/mol. The minimum Gasteiger partial charge on any atom is -0.369 e. The number of piperazine rings is 1. The van der Waals surface area contributed by atoms with Crippen LogP contribution in [0.1, 0.15) is 11.1 Å². The predicted molar refractivity (Wildman–Crippen MR) is 97.2 cm³/mol. The quantitative estimate of drug-likeness (QED) is 0.743. The summed E-state index contributed by atoms with van der Waals surface area (Å²) in [6.45, 7) is 4.29. The molecule has 0 spiro atoms. The number of anilines is 1. The van der Waals surface area contributed by atoms with Crippen LogP contribution in [0.15, 0.2) is 54.7 Å². The normalized spacial score (nSPS) is 16.3. The molecule has 1 aliphatic rings. The van der Waals surface area contributed by atoms with E-state index in [4.69, 9.17) is 0 Å². The molecule has 0 radical (unpaired) electrons. The van der Waals surface area contributed by atoms with E-state index in [1.807, 2.05) is 12.1 Å². The Balaban J connectivity index is 1.38. The van der Waals surface area contributed by atoms with E-state index < -0.39 is 11.7 Å². The van der Waals surface area contributed by atoms with Crippen molar-refractivity contribution in [3.05, 3.63) is 65.9 Å². The second-order valence-electron chi connectivity index (χ2n) is 6.67. The Morgan fingerprint density at radius 1 is 0.885 bits per heavy atom. The molecule has 2 heterocycles. The molecule has 0 atom stereocenters. The fourth-order valence-electron chi connectivity index (χ4n) is 3.53. The van der Waals surface area contributed by atoms with Crippen molar-refractivity contribution in [3.8, 4) is 0 Å². The highest BCUT2D eigenvalue weighted by Gasteiger charge is 2.30. The standard InChI is InChI=1S/C20H20F3N3/c21-20(22,23)16-5-7-17(8-6-16)26-11-9-25(10-12-26)14-15-13-24-19-4-2-1-3-18(15)19/h1-8,13,24H,9-12,14H2. The van der Waals surface area contributed by atoms with Gasteiger partial charge in [-0.2, -0.15) is 13.2 Å². The molecule has 1 N–H and O–H groups in total. The lowest BCUT2D eigenvalue weighted by Gasteiger charge is -2.36. The van der Waals surface area contributed by atoms with Crippen LogP contribution in [0.3, 0.4) is 0 Å². The highest BCUT2D eigenvalue weighted by molar-refractivity contribution is 5.82. The lowest BCUT2D eigenvalue weighted by molar-refractivity contribution is -0.137. The van der Waals surface area contributed by atoms with Gasteiger partial charge in [-0.1, -0.05) is 18.2 Å².